The van der Waals surface area contributed by atoms with Gasteiger partial charge in [0, 0.05) is 17.9 Å². The molecule has 2 rings (SSSR count). The van der Waals surface area contributed by atoms with E-state index in [4.69, 9.17) is 4.74 Å². The fourth-order valence-corrected chi connectivity index (χ4v) is 3.20. The van der Waals surface area contributed by atoms with Crippen molar-refractivity contribution in [1.29, 1.82) is 0 Å². The summed E-state index contributed by atoms with van der Waals surface area (Å²) in [5.41, 5.74) is 1.25. The lowest BCUT2D eigenvalue weighted by atomic mass is 9.93. The molecule has 0 spiro atoms. The third-order valence-electron chi connectivity index (χ3n) is 3.48. The molecule has 1 unspecified atom stereocenters. The Hall–Kier alpha value is -0.900. The summed E-state index contributed by atoms with van der Waals surface area (Å²) >= 11 is 1.81. The Morgan fingerprint density at radius 3 is 2.78 bits per heavy atom. The van der Waals surface area contributed by atoms with Crippen LogP contribution in [0.1, 0.15) is 31.9 Å². The van der Waals surface area contributed by atoms with Gasteiger partial charge in [0.2, 0.25) is 0 Å². The number of nitrogens with one attached hydrogen (secondary N) is 1. The first-order valence-corrected chi connectivity index (χ1v) is 7.14. The molecule has 1 heterocycles. The highest BCUT2D eigenvalue weighted by atomic mass is 32.1. The van der Waals surface area contributed by atoms with Crippen LogP contribution in [0, 0.1) is 0 Å². The third kappa shape index (κ3) is 2.74. The number of fused-ring (bicyclic) bond motifs is 1. The molecular weight excluding hydrogens is 242 g/mol. The molecule has 1 aromatic carbocycles. The van der Waals surface area contributed by atoms with Crippen LogP contribution >= 0.6 is 11.3 Å². The Labute approximate surface area is 113 Å². The predicted octanol–water partition coefficient (Wildman–Crippen LogP) is 3.98. The lowest BCUT2D eigenvalue weighted by Crippen LogP contribution is -2.30. The van der Waals surface area contributed by atoms with Gasteiger partial charge >= 0.3 is 0 Å². The van der Waals surface area contributed by atoms with Crippen molar-refractivity contribution >= 4 is 21.4 Å². The van der Waals surface area contributed by atoms with E-state index >= 15 is 0 Å². The van der Waals surface area contributed by atoms with Gasteiger partial charge in [-0.1, -0.05) is 18.2 Å². The second-order valence-electron chi connectivity index (χ2n) is 5.20. The number of benzene rings is 1. The van der Waals surface area contributed by atoms with Crippen molar-refractivity contribution in [3.05, 3.63) is 35.2 Å². The maximum Gasteiger partial charge on any atom is 0.0640 e. The first kappa shape index (κ1) is 13.5. The van der Waals surface area contributed by atoms with Crippen LogP contribution in [0.2, 0.25) is 0 Å². The van der Waals surface area contributed by atoms with Gasteiger partial charge in [-0.15, -0.1) is 11.3 Å². The fourth-order valence-electron chi connectivity index (χ4n) is 2.23. The van der Waals surface area contributed by atoms with Gasteiger partial charge < -0.3 is 10.1 Å². The van der Waals surface area contributed by atoms with E-state index in [0.29, 0.717) is 6.04 Å². The molecule has 0 saturated heterocycles. The standard InChI is InChI=1S/C15H21NOS/c1-15(2,17-4)10-13(16-3)12-7-5-6-11-8-9-18-14(11)12/h5-9,13,16H,10H2,1-4H3. The largest absolute Gasteiger partial charge is 0.379 e. The summed E-state index contributed by atoms with van der Waals surface area (Å²) in [6.07, 6.45) is 0.955. The molecule has 0 bridgehead atoms. The van der Waals surface area contributed by atoms with E-state index in [-0.39, 0.29) is 5.60 Å². The first-order valence-electron chi connectivity index (χ1n) is 6.26. The Bertz CT molecular complexity index is 518. The van der Waals surface area contributed by atoms with Crippen LogP contribution < -0.4 is 5.32 Å². The Morgan fingerprint density at radius 2 is 2.11 bits per heavy atom. The van der Waals surface area contributed by atoms with Crippen LogP contribution in [0.4, 0.5) is 0 Å². The van der Waals surface area contributed by atoms with Gasteiger partial charge in [-0.3, -0.25) is 0 Å². The number of methoxy groups -OCH3 is 1. The monoisotopic (exact) mass is 263 g/mol. The third-order valence-corrected chi connectivity index (χ3v) is 4.46. The van der Waals surface area contributed by atoms with Gasteiger partial charge in [-0.25, -0.2) is 0 Å². The highest BCUT2D eigenvalue weighted by molar-refractivity contribution is 7.17. The first-order chi connectivity index (χ1) is 8.57. The van der Waals surface area contributed by atoms with Crippen LogP contribution in [0.25, 0.3) is 10.1 Å². The van der Waals surface area contributed by atoms with Crippen LogP contribution in [-0.2, 0) is 4.74 Å². The smallest absolute Gasteiger partial charge is 0.0640 e. The molecule has 2 aromatic rings. The summed E-state index contributed by atoms with van der Waals surface area (Å²) in [4.78, 5) is 0. The van der Waals surface area contributed by atoms with Crippen LogP contribution in [0.5, 0.6) is 0 Å². The normalized spacial score (nSPS) is 14.0. The highest BCUT2D eigenvalue weighted by Gasteiger charge is 2.24. The van der Waals surface area contributed by atoms with E-state index in [0.717, 1.165) is 6.42 Å². The van der Waals surface area contributed by atoms with Crippen LogP contribution in [-0.4, -0.2) is 19.8 Å². The molecule has 0 radical (unpaired) electrons. The number of thiophene rings is 1. The lowest BCUT2D eigenvalue weighted by Gasteiger charge is -2.29. The Morgan fingerprint density at radius 1 is 1.33 bits per heavy atom. The van der Waals surface area contributed by atoms with Gasteiger partial charge in [0.15, 0.2) is 0 Å². The van der Waals surface area contributed by atoms with Gasteiger partial charge in [0.1, 0.15) is 0 Å². The molecule has 0 amide bonds. The summed E-state index contributed by atoms with van der Waals surface area (Å²) in [5.74, 6) is 0. The van der Waals surface area contributed by atoms with E-state index in [1.807, 2.05) is 18.4 Å². The number of hydrogen-bond acceptors (Lipinski definition) is 3. The van der Waals surface area contributed by atoms with Crippen molar-refractivity contribution in [1.82, 2.24) is 5.32 Å². The molecule has 0 aliphatic carbocycles. The summed E-state index contributed by atoms with van der Waals surface area (Å²) in [5, 5.41) is 6.90. The fraction of sp³-hybridized carbons (Fsp3) is 0.467. The van der Waals surface area contributed by atoms with Crippen molar-refractivity contribution in [3.63, 3.8) is 0 Å². The second kappa shape index (κ2) is 5.39. The number of ether oxygens (including phenoxy) is 1. The number of hydrogen-bond donors (Lipinski definition) is 1. The van der Waals surface area contributed by atoms with Crippen molar-refractivity contribution in [2.75, 3.05) is 14.2 Å². The summed E-state index contributed by atoms with van der Waals surface area (Å²) in [7, 11) is 3.79. The van der Waals surface area contributed by atoms with Crippen molar-refractivity contribution in [2.45, 2.75) is 31.9 Å². The van der Waals surface area contributed by atoms with Crippen LogP contribution in [0.15, 0.2) is 29.6 Å². The maximum absolute atomic E-state index is 5.55. The second-order valence-corrected chi connectivity index (χ2v) is 6.11. The zero-order valence-corrected chi connectivity index (χ0v) is 12.3. The molecule has 18 heavy (non-hydrogen) atoms. The Kier molecular flexibility index (Phi) is 4.05. The molecule has 0 aliphatic heterocycles. The lowest BCUT2D eigenvalue weighted by molar-refractivity contribution is 0.00757. The summed E-state index contributed by atoms with van der Waals surface area (Å²) in [6.45, 7) is 4.26. The van der Waals surface area contributed by atoms with Gasteiger partial charge in [0.05, 0.1) is 5.60 Å². The highest BCUT2D eigenvalue weighted by Crippen LogP contribution is 2.33. The minimum atomic E-state index is -0.118. The van der Waals surface area contributed by atoms with Crippen LogP contribution in [0.3, 0.4) is 0 Å². The minimum absolute atomic E-state index is 0.118. The molecule has 0 aliphatic rings. The van der Waals surface area contributed by atoms with Crippen molar-refractivity contribution in [3.8, 4) is 0 Å². The molecule has 98 valence electrons. The van der Waals surface area contributed by atoms with Gasteiger partial charge in [-0.2, -0.15) is 0 Å². The Balaban J connectivity index is 2.35. The number of rotatable bonds is 5. The van der Waals surface area contributed by atoms with E-state index in [1.54, 1.807) is 7.11 Å². The van der Waals surface area contributed by atoms with Crippen molar-refractivity contribution in [2.24, 2.45) is 0 Å². The molecule has 3 heteroatoms. The quantitative estimate of drug-likeness (QED) is 0.881. The zero-order valence-electron chi connectivity index (χ0n) is 11.5. The molecule has 1 N–H and O–H groups in total. The maximum atomic E-state index is 5.55. The summed E-state index contributed by atoms with van der Waals surface area (Å²) < 4.78 is 6.93. The molecule has 0 saturated carbocycles. The van der Waals surface area contributed by atoms with E-state index < -0.39 is 0 Å². The van der Waals surface area contributed by atoms with E-state index in [9.17, 15) is 0 Å². The molecular formula is C15H21NOS. The van der Waals surface area contributed by atoms with Crippen molar-refractivity contribution < 1.29 is 4.74 Å². The zero-order chi connectivity index (χ0) is 13.2. The average molecular weight is 263 g/mol. The molecule has 1 atom stereocenters. The van der Waals surface area contributed by atoms with Gasteiger partial charge in [-0.05, 0) is 49.7 Å². The topological polar surface area (TPSA) is 21.3 Å². The molecule has 2 nitrogen and oxygen atoms in total. The van der Waals surface area contributed by atoms with E-state index in [1.165, 1.54) is 15.6 Å². The predicted molar refractivity (Wildman–Crippen MR) is 79.3 cm³/mol. The minimum Gasteiger partial charge on any atom is -0.379 e. The van der Waals surface area contributed by atoms with E-state index in [2.05, 4.69) is 48.8 Å². The summed E-state index contributed by atoms with van der Waals surface area (Å²) in [6, 6.07) is 9.02. The average Bonchev–Trinajstić information content (AvgIpc) is 2.84. The molecule has 1 aromatic heterocycles. The van der Waals surface area contributed by atoms with Gasteiger partial charge in [0.25, 0.3) is 0 Å². The SMILES string of the molecule is CNC(CC(C)(C)OC)c1cccc2ccsc12. The molecule has 0 fully saturated rings.